The van der Waals surface area contributed by atoms with Crippen molar-refractivity contribution in [2.24, 2.45) is 11.8 Å². The van der Waals surface area contributed by atoms with Gasteiger partial charge in [0.25, 0.3) is 5.91 Å². The van der Waals surface area contributed by atoms with Crippen LogP contribution in [-0.2, 0) is 14.4 Å². The quantitative estimate of drug-likeness (QED) is 0.533. The van der Waals surface area contributed by atoms with Gasteiger partial charge >= 0.3 is 5.97 Å². The van der Waals surface area contributed by atoms with Gasteiger partial charge in [0, 0.05) is 10.3 Å². The molecule has 0 bridgehead atoms. The van der Waals surface area contributed by atoms with Crippen molar-refractivity contribution in [1.29, 1.82) is 0 Å². The highest BCUT2D eigenvalue weighted by atomic mass is 32.2. The van der Waals surface area contributed by atoms with Crippen molar-refractivity contribution in [3.05, 3.63) is 35.4 Å². The number of hydrogen-bond donors (Lipinski definition) is 3. The maximum atomic E-state index is 13.5. The third kappa shape index (κ3) is 4.60. The van der Waals surface area contributed by atoms with Crippen LogP contribution >= 0.6 is 11.8 Å². The van der Waals surface area contributed by atoms with E-state index in [0.717, 1.165) is 5.56 Å². The molecule has 3 amide bonds. The predicted molar refractivity (Wildman–Crippen MR) is 127 cm³/mol. The van der Waals surface area contributed by atoms with Crippen molar-refractivity contribution in [2.45, 2.75) is 76.2 Å². The normalized spacial score (nSPS) is 23.5. The summed E-state index contributed by atoms with van der Waals surface area (Å²) < 4.78 is -0.573. The molecule has 0 saturated carbocycles. The summed E-state index contributed by atoms with van der Waals surface area (Å²) in [5.74, 6) is -2.80. The number of aliphatic carboxylic acids is 1. The van der Waals surface area contributed by atoms with E-state index in [1.165, 1.54) is 0 Å². The maximum absolute atomic E-state index is 13.5. The molecule has 3 rings (SSSR count). The van der Waals surface area contributed by atoms with Gasteiger partial charge in [-0.3, -0.25) is 14.4 Å². The largest absolute Gasteiger partial charge is 0.480 e. The monoisotopic (exact) mass is 475 g/mol. The lowest BCUT2D eigenvalue weighted by atomic mass is 9.96. The molecule has 180 valence electrons. The van der Waals surface area contributed by atoms with Gasteiger partial charge in [0.05, 0.1) is 0 Å². The van der Waals surface area contributed by atoms with E-state index in [0.29, 0.717) is 12.0 Å². The second-order valence-electron chi connectivity index (χ2n) is 9.72. The summed E-state index contributed by atoms with van der Waals surface area (Å²) in [4.78, 5) is 53.0. The minimum Gasteiger partial charge on any atom is -0.480 e. The standard InChI is InChI=1S/C24H33N3O5S/c1-7-13(4)17(23(31)32)26-19(28)16(12(2)3)25-20(29)18-24(5,6)33-22-15-11-9-8-10-14(15)21(30)27(18)22/h8-13,16-18,22H,7H2,1-6H3,(H,25,29)(H,26,28)(H,31,32)/t13?,16-,17-,18+,22?/m0/s1. The van der Waals surface area contributed by atoms with Crippen molar-refractivity contribution in [1.82, 2.24) is 15.5 Å². The lowest BCUT2D eigenvalue weighted by molar-refractivity contribution is -0.144. The highest BCUT2D eigenvalue weighted by Gasteiger charge is 2.57. The third-order valence-corrected chi connectivity index (χ3v) is 8.10. The van der Waals surface area contributed by atoms with Gasteiger partial charge in [-0.1, -0.05) is 52.3 Å². The average Bonchev–Trinajstić information content (AvgIpc) is 3.18. The summed E-state index contributed by atoms with van der Waals surface area (Å²) in [5, 5.41) is 14.7. The van der Waals surface area contributed by atoms with Crippen molar-refractivity contribution in [3.63, 3.8) is 0 Å². The number of hydrogen-bond acceptors (Lipinski definition) is 5. The van der Waals surface area contributed by atoms with Crippen LogP contribution in [0.4, 0.5) is 0 Å². The van der Waals surface area contributed by atoms with E-state index >= 15 is 0 Å². The lowest BCUT2D eigenvalue weighted by Gasteiger charge is -2.32. The topological polar surface area (TPSA) is 116 Å². The summed E-state index contributed by atoms with van der Waals surface area (Å²) in [6, 6.07) is 4.62. The molecule has 0 aromatic heterocycles. The second kappa shape index (κ2) is 9.37. The number of carbonyl (C=O) groups excluding carboxylic acids is 3. The fourth-order valence-corrected chi connectivity index (χ4v) is 6.09. The van der Waals surface area contributed by atoms with Gasteiger partial charge < -0.3 is 20.6 Å². The molecule has 8 nitrogen and oxygen atoms in total. The molecule has 9 heteroatoms. The highest BCUT2D eigenvalue weighted by molar-refractivity contribution is 8.01. The molecule has 2 aliphatic heterocycles. The third-order valence-electron chi connectivity index (χ3n) is 6.57. The molecule has 1 aromatic rings. The van der Waals surface area contributed by atoms with Crippen molar-refractivity contribution in [3.8, 4) is 0 Å². The van der Waals surface area contributed by atoms with Gasteiger partial charge in [-0.25, -0.2) is 4.79 Å². The molecule has 3 N–H and O–H groups in total. The molecule has 0 radical (unpaired) electrons. The van der Waals surface area contributed by atoms with Crippen LogP contribution in [-0.4, -0.2) is 56.6 Å². The first-order valence-corrected chi connectivity index (χ1v) is 12.2. The zero-order valence-electron chi connectivity index (χ0n) is 19.9. The van der Waals surface area contributed by atoms with E-state index in [9.17, 15) is 24.3 Å². The molecule has 0 spiro atoms. The fraction of sp³-hybridized carbons (Fsp3) is 0.583. The van der Waals surface area contributed by atoms with Gasteiger partial charge in [0.15, 0.2) is 0 Å². The number of nitrogens with zero attached hydrogens (tertiary/aromatic N) is 1. The number of nitrogens with one attached hydrogen (secondary N) is 2. The molecule has 33 heavy (non-hydrogen) atoms. The molecule has 2 heterocycles. The van der Waals surface area contributed by atoms with Gasteiger partial charge in [-0.2, -0.15) is 0 Å². The molecule has 1 fully saturated rings. The lowest BCUT2D eigenvalue weighted by Crippen LogP contribution is -2.60. The van der Waals surface area contributed by atoms with Crippen LogP contribution in [0.5, 0.6) is 0 Å². The van der Waals surface area contributed by atoms with Crippen LogP contribution in [0.2, 0.25) is 0 Å². The Balaban J connectivity index is 1.82. The Morgan fingerprint density at radius 1 is 1.12 bits per heavy atom. The Morgan fingerprint density at radius 2 is 1.76 bits per heavy atom. The number of benzene rings is 1. The molecule has 1 saturated heterocycles. The molecule has 0 aliphatic carbocycles. The van der Waals surface area contributed by atoms with E-state index in [1.807, 2.05) is 32.9 Å². The predicted octanol–water partition coefficient (Wildman–Crippen LogP) is 2.79. The first kappa shape index (κ1) is 25.1. The van der Waals surface area contributed by atoms with Crippen LogP contribution < -0.4 is 10.6 Å². The number of thioether (sulfide) groups is 1. The molecule has 2 unspecified atom stereocenters. The van der Waals surface area contributed by atoms with E-state index in [1.54, 1.807) is 49.6 Å². The summed E-state index contributed by atoms with van der Waals surface area (Å²) in [6.45, 7) is 11.0. The molecular weight excluding hydrogens is 442 g/mol. The zero-order valence-corrected chi connectivity index (χ0v) is 20.7. The van der Waals surface area contributed by atoms with Crippen LogP contribution in [0.15, 0.2) is 24.3 Å². The van der Waals surface area contributed by atoms with Crippen LogP contribution in [0, 0.1) is 11.8 Å². The molecular formula is C24H33N3O5S. The van der Waals surface area contributed by atoms with Gasteiger partial charge in [0.2, 0.25) is 11.8 Å². The van der Waals surface area contributed by atoms with Gasteiger partial charge in [0.1, 0.15) is 23.5 Å². The first-order valence-electron chi connectivity index (χ1n) is 11.3. The number of fused-ring (bicyclic) bond motifs is 3. The summed E-state index contributed by atoms with van der Waals surface area (Å²) in [7, 11) is 0. The second-order valence-corrected chi connectivity index (χ2v) is 11.5. The molecule has 5 atom stereocenters. The summed E-state index contributed by atoms with van der Waals surface area (Å²) >= 11 is 1.55. The number of carboxylic acids is 1. The van der Waals surface area contributed by atoms with Crippen molar-refractivity contribution >= 4 is 35.5 Å². The van der Waals surface area contributed by atoms with Crippen LogP contribution in [0.25, 0.3) is 0 Å². The Labute approximate surface area is 198 Å². The van der Waals surface area contributed by atoms with E-state index in [4.69, 9.17) is 0 Å². The highest BCUT2D eigenvalue weighted by Crippen LogP contribution is 2.56. The Kier molecular flexibility index (Phi) is 7.12. The first-order chi connectivity index (χ1) is 15.4. The Morgan fingerprint density at radius 3 is 2.33 bits per heavy atom. The van der Waals surface area contributed by atoms with E-state index in [-0.39, 0.29) is 23.1 Å². The minimum absolute atomic E-state index is 0.193. The van der Waals surface area contributed by atoms with Gasteiger partial charge in [-0.05, 0) is 37.3 Å². The zero-order chi connectivity index (χ0) is 24.7. The maximum Gasteiger partial charge on any atom is 0.326 e. The number of amides is 3. The van der Waals surface area contributed by atoms with Gasteiger partial charge in [-0.15, -0.1) is 11.8 Å². The van der Waals surface area contributed by atoms with E-state index in [2.05, 4.69) is 10.6 Å². The smallest absolute Gasteiger partial charge is 0.326 e. The minimum atomic E-state index is -1.11. The van der Waals surface area contributed by atoms with E-state index < -0.39 is 40.7 Å². The number of carbonyl (C=O) groups is 4. The summed E-state index contributed by atoms with van der Waals surface area (Å²) in [5.41, 5.74) is 1.49. The number of rotatable bonds is 8. The van der Waals surface area contributed by atoms with Crippen molar-refractivity contribution < 1.29 is 24.3 Å². The van der Waals surface area contributed by atoms with Crippen molar-refractivity contribution in [2.75, 3.05) is 0 Å². The van der Waals surface area contributed by atoms with Crippen LogP contribution in [0.1, 0.15) is 69.3 Å². The number of carboxylic acid groups (broad SMARTS) is 1. The molecule has 1 aromatic carbocycles. The Bertz CT molecular complexity index is 963. The SMILES string of the molecule is CCC(C)[C@H](NC(=O)[C@@H](NC(=O)[C@H]1N2C(=O)c3ccccc3C2SC1(C)C)C(C)C)C(=O)O. The summed E-state index contributed by atoms with van der Waals surface area (Å²) in [6.07, 6.45) is 0.586. The Hall–Kier alpha value is -2.55. The average molecular weight is 476 g/mol. The van der Waals surface area contributed by atoms with Crippen LogP contribution in [0.3, 0.4) is 0 Å². The fourth-order valence-electron chi connectivity index (χ4n) is 4.50. The molecule has 2 aliphatic rings.